The van der Waals surface area contributed by atoms with Crippen LogP contribution in [0.25, 0.3) is 82.1 Å². The summed E-state index contributed by atoms with van der Waals surface area (Å²) in [6.45, 7) is 7.70. The second-order valence-corrected chi connectivity index (χ2v) is 12.0. The van der Waals surface area contributed by atoms with E-state index in [1.807, 2.05) is 24.3 Å². The van der Waals surface area contributed by atoms with E-state index in [-0.39, 0.29) is 0 Å². The minimum absolute atomic E-state index is 0.603. The summed E-state index contributed by atoms with van der Waals surface area (Å²) in [6.07, 6.45) is 0. The second kappa shape index (κ2) is 10.9. The average molecular weight is 611 g/mol. The molecule has 0 bridgehead atoms. The molecule has 48 heavy (non-hydrogen) atoms. The van der Waals surface area contributed by atoms with Crippen molar-refractivity contribution in [2.24, 2.45) is 0 Å². The Morgan fingerprint density at radius 1 is 0.479 bits per heavy atom. The van der Waals surface area contributed by atoms with Crippen LogP contribution in [-0.4, -0.2) is 9.13 Å². The predicted molar refractivity (Wildman–Crippen MR) is 197 cm³/mol. The highest BCUT2D eigenvalue weighted by atomic mass is 15.0. The van der Waals surface area contributed by atoms with Crippen LogP contribution < -0.4 is 0 Å². The Kier molecular flexibility index (Phi) is 6.22. The van der Waals surface area contributed by atoms with Crippen molar-refractivity contribution in [3.8, 4) is 39.7 Å². The Balaban J connectivity index is 1.24. The third kappa shape index (κ3) is 4.14. The minimum atomic E-state index is 0.603. The lowest BCUT2D eigenvalue weighted by atomic mass is 9.92. The molecule has 4 nitrogen and oxygen atoms in total. The molecule has 4 heteroatoms. The van der Waals surface area contributed by atoms with Crippen LogP contribution in [0.3, 0.4) is 0 Å². The van der Waals surface area contributed by atoms with Crippen molar-refractivity contribution in [2.45, 2.75) is 0 Å². The van der Waals surface area contributed by atoms with Crippen molar-refractivity contribution in [1.29, 1.82) is 5.26 Å². The van der Waals surface area contributed by atoms with E-state index in [1.165, 1.54) is 21.8 Å². The van der Waals surface area contributed by atoms with Gasteiger partial charge in [0, 0.05) is 38.3 Å². The summed E-state index contributed by atoms with van der Waals surface area (Å²) < 4.78 is 4.58. The molecule has 0 radical (unpaired) electrons. The number of nitriles is 1. The normalized spacial score (nSPS) is 11.3. The molecule has 0 aliphatic rings. The lowest BCUT2D eigenvalue weighted by Crippen LogP contribution is -1.98. The van der Waals surface area contributed by atoms with Gasteiger partial charge in [0.1, 0.15) is 0 Å². The monoisotopic (exact) mass is 610 g/mol. The average Bonchev–Trinajstić information content (AvgIpc) is 3.67. The Labute approximate surface area is 277 Å². The molecule has 0 saturated carbocycles. The molecular weight excluding hydrogens is 585 g/mol. The first kappa shape index (κ1) is 27.4. The van der Waals surface area contributed by atoms with E-state index in [9.17, 15) is 5.26 Å². The number of nitrogens with zero attached hydrogens (tertiary/aromatic N) is 4. The fourth-order valence-electron chi connectivity index (χ4n) is 7.26. The van der Waals surface area contributed by atoms with Crippen LogP contribution in [-0.2, 0) is 0 Å². The fourth-order valence-corrected chi connectivity index (χ4v) is 7.26. The number of para-hydroxylation sites is 4. The second-order valence-electron chi connectivity index (χ2n) is 12.0. The van der Waals surface area contributed by atoms with Gasteiger partial charge >= 0.3 is 0 Å². The molecule has 222 valence electrons. The molecule has 0 saturated heterocycles. The van der Waals surface area contributed by atoms with Gasteiger partial charge in [0.05, 0.1) is 40.4 Å². The summed E-state index contributed by atoms with van der Waals surface area (Å²) in [5.41, 5.74) is 11.8. The van der Waals surface area contributed by atoms with Crippen LogP contribution in [0.2, 0.25) is 0 Å². The Bertz CT molecular complexity index is 2750. The van der Waals surface area contributed by atoms with Gasteiger partial charge in [-0.3, -0.25) is 0 Å². The Morgan fingerprint density at radius 3 is 1.71 bits per heavy atom. The van der Waals surface area contributed by atoms with Crippen molar-refractivity contribution < 1.29 is 0 Å². The number of aromatic nitrogens is 2. The summed E-state index contributed by atoms with van der Waals surface area (Å²) in [7, 11) is 0. The molecule has 0 unspecified atom stereocenters. The highest BCUT2D eigenvalue weighted by molar-refractivity contribution is 6.11. The summed E-state index contributed by atoms with van der Waals surface area (Å²) >= 11 is 0. The first-order valence-corrected chi connectivity index (χ1v) is 15.9. The molecule has 9 aromatic rings. The molecule has 0 aliphatic carbocycles. The van der Waals surface area contributed by atoms with E-state index in [0.717, 1.165) is 55.4 Å². The summed E-state index contributed by atoms with van der Waals surface area (Å²) in [5.74, 6) is 0. The van der Waals surface area contributed by atoms with Gasteiger partial charge in [0.2, 0.25) is 0 Å². The van der Waals surface area contributed by atoms with Crippen LogP contribution in [0.15, 0.2) is 158 Å². The van der Waals surface area contributed by atoms with E-state index in [1.54, 1.807) is 0 Å². The highest BCUT2D eigenvalue weighted by Gasteiger charge is 2.19. The van der Waals surface area contributed by atoms with Gasteiger partial charge in [0.25, 0.3) is 0 Å². The molecule has 2 aromatic heterocycles. The zero-order valence-electron chi connectivity index (χ0n) is 25.8. The SMILES string of the molecule is [C-]#[N+]c1ccc2c3ccccc3n(-c3ccccc3-c3ccc(C#N)cc3-c3ccc(-n4c5ccccc5c5ccccc54)cc3)c2c1. The smallest absolute Gasteiger partial charge is 0.189 e. The standard InChI is InChI=1S/C44H26N4/c1-46-31-21-25-38-37-13-5-9-17-43(37)48(44(38)27-31)42-16-8-2-10-34(42)33-24-18-29(28-45)26-39(33)30-19-22-32(23-20-30)47-40-14-6-3-11-35(40)36-12-4-7-15-41(36)47/h2-27H. The topological polar surface area (TPSA) is 38.0 Å². The maximum atomic E-state index is 9.95. The molecule has 0 N–H and O–H groups in total. The summed E-state index contributed by atoms with van der Waals surface area (Å²) in [4.78, 5) is 3.74. The van der Waals surface area contributed by atoms with Crippen molar-refractivity contribution in [2.75, 3.05) is 0 Å². The predicted octanol–water partition coefficient (Wildman–Crippen LogP) is 11.6. The lowest BCUT2D eigenvalue weighted by molar-refractivity contribution is 1.18. The summed E-state index contributed by atoms with van der Waals surface area (Å²) in [6, 6.07) is 56.7. The quantitative estimate of drug-likeness (QED) is 0.183. The maximum Gasteiger partial charge on any atom is 0.189 e. The van der Waals surface area contributed by atoms with Gasteiger partial charge < -0.3 is 9.13 Å². The molecule has 0 spiro atoms. The van der Waals surface area contributed by atoms with Gasteiger partial charge in [-0.25, -0.2) is 4.85 Å². The molecule has 9 rings (SSSR count). The first-order chi connectivity index (χ1) is 23.7. The fraction of sp³-hybridized carbons (Fsp3) is 0. The minimum Gasteiger partial charge on any atom is -0.310 e. The Hall–Kier alpha value is -6.88. The number of hydrogen-bond acceptors (Lipinski definition) is 1. The molecule has 0 atom stereocenters. The third-order valence-electron chi connectivity index (χ3n) is 9.39. The largest absolute Gasteiger partial charge is 0.310 e. The van der Waals surface area contributed by atoms with Crippen LogP contribution in [0.1, 0.15) is 5.56 Å². The van der Waals surface area contributed by atoms with Crippen molar-refractivity contribution >= 4 is 49.3 Å². The van der Waals surface area contributed by atoms with Gasteiger partial charge in [-0.05, 0) is 71.3 Å². The highest BCUT2D eigenvalue weighted by Crippen LogP contribution is 2.41. The zero-order chi connectivity index (χ0) is 32.2. The number of benzene rings is 7. The van der Waals surface area contributed by atoms with E-state index in [4.69, 9.17) is 6.57 Å². The summed E-state index contributed by atoms with van der Waals surface area (Å²) in [5, 5.41) is 14.6. The van der Waals surface area contributed by atoms with Crippen LogP contribution in [0.4, 0.5) is 5.69 Å². The van der Waals surface area contributed by atoms with E-state index >= 15 is 0 Å². The molecule has 2 heterocycles. The molecule has 0 aliphatic heterocycles. The first-order valence-electron chi connectivity index (χ1n) is 15.9. The van der Waals surface area contributed by atoms with Crippen LogP contribution in [0, 0.1) is 17.9 Å². The van der Waals surface area contributed by atoms with Gasteiger partial charge in [-0.1, -0.05) is 103 Å². The van der Waals surface area contributed by atoms with Gasteiger partial charge in [0.15, 0.2) is 5.69 Å². The van der Waals surface area contributed by atoms with Gasteiger partial charge in [-0.2, -0.15) is 5.26 Å². The molecule has 7 aromatic carbocycles. The maximum absolute atomic E-state index is 9.95. The van der Waals surface area contributed by atoms with E-state index < -0.39 is 0 Å². The number of rotatable bonds is 4. The Morgan fingerprint density at radius 2 is 1.06 bits per heavy atom. The van der Waals surface area contributed by atoms with Crippen LogP contribution in [0.5, 0.6) is 0 Å². The van der Waals surface area contributed by atoms with Gasteiger partial charge in [-0.15, -0.1) is 0 Å². The molecule has 0 amide bonds. The van der Waals surface area contributed by atoms with E-state index in [0.29, 0.717) is 11.3 Å². The molecular formula is C44H26N4. The van der Waals surface area contributed by atoms with E-state index in [2.05, 4.69) is 154 Å². The third-order valence-corrected chi connectivity index (χ3v) is 9.39. The zero-order valence-corrected chi connectivity index (χ0v) is 25.8. The lowest BCUT2D eigenvalue weighted by Gasteiger charge is -2.18. The van der Waals surface area contributed by atoms with Crippen molar-refractivity contribution in [3.63, 3.8) is 0 Å². The van der Waals surface area contributed by atoms with Crippen molar-refractivity contribution in [1.82, 2.24) is 9.13 Å². The van der Waals surface area contributed by atoms with Crippen molar-refractivity contribution in [3.05, 3.63) is 175 Å². The number of fused-ring (bicyclic) bond motifs is 6. The van der Waals surface area contributed by atoms with Crippen LogP contribution >= 0.6 is 0 Å². The molecule has 0 fully saturated rings. The number of hydrogen-bond donors (Lipinski definition) is 0.